The van der Waals surface area contributed by atoms with E-state index in [0.29, 0.717) is 6.04 Å². The molecule has 0 atom stereocenters. The van der Waals surface area contributed by atoms with E-state index >= 15 is 0 Å². The molecular formula is C13H26N2O. The molecule has 1 amide bonds. The van der Waals surface area contributed by atoms with E-state index in [4.69, 9.17) is 5.73 Å². The summed E-state index contributed by atoms with van der Waals surface area (Å²) in [5.41, 5.74) is 5.56. The number of nitrogens with zero attached hydrogens (tertiary/aromatic N) is 1. The fourth-order valence-electron chi connectivity index (χ4n) is 2.00. The summed E-state index contributed by atoms with van der Waals surface area (Å²) in [7, 11) is 0. The zero-order valence-corrected chi connectivity index (χ0v) is 11.0. The molecule has 0 aliphatic heterocycles. The minimum Gasteiger partial charge on any atom is -0.338 e. The van der Waals surface area contributed by atoms with Crippen LogP contribution in [0.4, 0.5) is 0 Å². The molecule has 0 aromatic heterocycles. The molecule has 0 spiro atoms. The molecule has 0 heterocycles. The van der Waals surface area contributed by atoms with Gasteiger partial charge in [-0.25, -0.2) is 0 Å². The minimum atomic E-state index is -0.629. The second kappa shape index (κ2) is 5.67. The number of rotatable bonds is 7. The Balaban J connectivity index is 2.65. The van der Waals surface area contributed by atoms with Gasteiger partial charge in [0.05, 0.1) is 5.54 Å². The van der Waals surface area contributed by atoms with Crippen molar-refractivity contribution in [2.45, 2.75) is 70.9 Å². The molecule has 16 heavy (non-hydrogen) atoms. The number of amides is 1. The Morgan fingerprint density at radius 2 is 1.88 bits per heavy atom. The summed E-state index contributed by atoms with van der Waals surface area (Å²) >= 11 is 0. The number of carbonyl (C=O) groups excluding carboxylic acids is 1. The maximum absolute atomic E-state index is 12.4. The maximum Gasteiger partial charge on any atom is 0.242 e. The van der Waals surface area contributed by atoms with Crippen molar-refractivity contribution in [3.05, 3.63) is 0 Å². The largest absolute Gasteiger partial charge is 0.338 e. The fraction of sp³-hybridized carbons (Fsp3) is 0.923. The Hall–Kier alpha value is -0.570. The zero-order valence-electron chi connectivity index (χ0n) is 11.0. The first kappa shape index (κ1) is 13.5. The van der Waals surface area contributed by atoms with Crippen molar-refractivity contribution in [2.75, 3.05) is 6.54 Å². The fourth-order valence-corrected chi connectivity index (χ4v) is 2.00. The third-order valence-electron chi connectivity index (χ3n) is 3.69. The molecule has 2 N–H and O–H groups in total. The van der Waals surface area contributed by atoms with Crippen LogP contribution in [0.3, 0.4) is 0 Å². The lowest BCUT2D eigenvalue weighted by molar-refractivity contribution is -0.138. The molecule has 0 radical (unpaired) electrons. The number of unbranched alkanes of at least 4 members (excludes halogenated alkanes) is 1. The predicted octanol–water partition coefficient (Wildman–Crippen LogP) is 2.29. The molecule has 1 aliphatic carbocycles. The lowest BCUT2D eigenvalue weighted by atomic mass is 9.92. The average Bonchev–Trinajstić information content (AvgIpc) is 3.12. The van der Waals surface area contributed by atoms with Crippen molar-refractivity contribution in [1.29, 1.82) is 0 Å². The lowest BCUT2D eigenvalue weighted by Gasteiger charge is -2.33. The summed E-state index contributed by atoms with van der Waals surface area (Å²) in [6.07, 6.45) is 6.02. The van der Waals surface area contributed by atoms with Crippen molar-refractivity contribution in [2.24, 2.45) is 5.73 Å². The van der Waals surface area contributed by atoms with Gasteiger partial charge in [-0.2, -0.15) is 0 Å². The van der Waals surface area contributed by atoms with Crippen LogP contribution < -0.4 is 5.73 Å². The van der Waals surface area contributed by atoms with Crippen LogP contribution in [0.25, 0.3) is 0 Å². The molecule has 0 aromatic carbocycles. The van der Waals surface area contributed by atoms with Crippen molar-refractivity contribution in [1.82, 2.24) is 4.90 Å². The predicted molar refractivity (Wildman–Crippen MR) is 67.1 cm³/mol. The molecule has 1 rings (SSSR count). The SMILES string of the molecule is CCCCN(C(=O)C(N)(CC)CC)C1CC1. The Morgan fingerprint density at radius 3 is 2.25 bits per heavy atom. The van der Waals surface area contributed by atoms with Crippen LogP contribution in [0.2, 0.25) is 0 Å². The molecule has 1 fully saturated rings. The van der Waals surface area contributed by atoms with Crippen LogP contribution in [-0.2, 0) is 4.79 Å². The Bertz CT molecular complexity index is 232. The lowest BCUT2D eigenvalue weighted by Crippen LogP contribution is -2.55. The second-order valence-corrected chi connectivity index (χ2v) is 4.95. The van der Waals surface area contributed by atoms with Crippen LogP contribution in [0, 0.1) is 0 Å². The Kier molecular flexibility index (Phi) is 4.78. The molecule has 1 aliphatic rings. The summed E-state index contributed by atoms with van der Waals surface area (Å²) in [4.78, 5) is 14.5. The van der Waals surface area contributed by atoms with Gasteiger partial charge in [-0.1, -0.05) is 27.2 Å². The quantitative estimate of drug-likeness (QED) is 0.724. The van der Waals surface area contributed by atoms with Gasteiger partial charge in [0.25, 0.3) is 0 Å². The highest BCUT2D eigenvalue weighted by atomic mass is 16.2. The minimum absolute atomic E-state index is 0.174. The van der Waals surface area contributed by atoms with E-state index in [0.717, 1.165) is 32.2 Å². The van der Waals surface area contributed by atoms with Crippen molar-refractivity contribution in [3.63, 3.8) is 0 Å². The van der Waals surface area contributed by atoms with Crippen LogP contribution in [0.5, 0.6) is 0 Å². The van der Waals surface area contributed by atoms with Crippen LogP contribution >= 0.6 is 0 Å². The standard InChI is InChI=1S/C13H26N2O/c1-4-7-10-15(11-8-9-11)12(16)13(14,5-2)6-3/h11H,4-10,14H2,1-3H3. The molecular weight excluding hydrogens is 200 g/mol. The van der Waals surface area contributed by atoms with E-state index in [1.807, 2.05) is 18.7 Å². The van der Waals surface area contributed by atoms with Gasteiger partial charge >= 0.3 is 0 Å². The van der Waals surface area contributed by atoms with Crippen molar-refractivity contribution in [3.8, 4) is 0 Å². The van der Waals surface area contributed by atoms with Gasteiger partial charge < -0.3 is 10.6 Å². The third kappa shape index (κ3) is 2.97. The Morgan fingerprint density at radius 1 is 1.31 bits per heavy atom. The summed E-state index contributed by atoms with van der Waals surface area (Å²) in [5.74, 6) is 0.174. The van der Waals surface area contributed by atoms with Crippen LogP contribution in [0.1, 0.15) is 59.3 Å². The molecule has 1 saturated carbocycles. The number of carbonyl (C=O) groups is 1. The number of nitrogens with two attached hydrogens (primary N) is 1. The summed E-state index contributed by atoms with van der Waals surface area (Å²) in [6.45, 7) is 7.06. The molecule has 94 valence electrons. The number of hydrogen-bond donors (Lipinski definition) is 1. The molecule has 0 aromatic rings. The normalized spacial score (nSPS) is 16.2. The molecule has 0 unspecified atom stereocenters. The first-order valence-corrected chi connectivity index (χ1v) is 6.69. The monoisotopic (exact) mass is 226 g/mol. The van der Waals surface area contributed by atoms with E-state index in [-0.39, 0.29) is 5.91 Å². The summed E-state index contributed by atoms with van der Waals surface area (Å²) < 4.78 is 0. The van der Waals surface area contributed by atoms with E-state index in [1.165, 1.54) is 12.8 Å². The van der Waals surface area contributed by atoms with E-state index < -0.39 is 5.54 Å². The van der Waals surface area contributed by atoms with Crippen LogP contribution in [-0.4, -0.2) is 28.9 Å². The van der Waals surface area contributed by atoms with Gasteiger partial charge in [-0.3, -0.25) is 4.79 Å². The Labute approximate surface area is 99.4 Å². The average molecular weight is 226 g/mol. The van der Waals surface area contributed by atoms with Gasteiger partial charge in [0.1, 0.15) is 0 Å². The van der Waals surface area contributed by atoms with E-state index in [2.05, 4.69) is 6.92 Å². The highest BCUT2D eigenvalue weighted by Gasteiger charge is 2.40. The number of hydrogen-bond acceptors (Lipinski definition) is 2. The van der Waals surface area contributed by atoms with Gasteiger partial charge in [0, 0.05) is 12.6 Å². The van der Waals surface area contributed by atoms with Gasteiger partial charge in [-0.15, -0.1) is 0 Å². The highest BCUT2D eigenvalue weighted by molar-refractivity contribution is 5.86. The second-order valence-electron chi connectivity index (χ2n) is 4.95. The summed E-state index contributed by atoms with van der Waals surface area (Å²) in [6, 6.07) is 0.486. The topological polar surface area (TPSA) is 46.3 Å². The molecule has 3 heteroatoms. The summed E-state index contributed by atoms with van der Waals surface area (Å²) in [5, 5.41) is 0. The molecule has 0 bridgehead atoms. The van der Waals surface area contributed by atoms with E-state index in [9.17, 15) is 4.79 Å². The maximum atomic E-state index is 12.4. The van der Waals surface area contributed by atoms with E-state index in [1.54, 1.807) is 0 Å². The first-order chi connectivity index (χ1) is 7.59. The smallest absolute Gasteiger partial charge is 0.242 e. The van der Waals surface area contributed by atoms with Gasteiger partial charge in [-0.05, 0) is 32.1 Å². The molecule has 3 nitrogen and oxygen atoms in total. The van der Waals surface area contributed by atoms with Gasteiger partial charge in [0.2, 0.25) is 5.91 Å². The third-order valence-corrected chi connectivity index (χ3v) is 3.69. The first-order valence-electron chi connectivity index (χ1n) is 6.69. The van der Waals surface area contributed by atoms with Crippen molar-refractivity contribution < 1.29 is 4.79 Å². The van der Waals surface area contributed by atoms with Crippen molar-refractivity contribution >= 4 is 5.91 Å². The molecule has 0 saturated heterocycles. The zero-order chi connectivity index (χ0) is 12.2. The van der Waals surface area contributed by atoms with Crippen LogP contribution in [0.15, 0.2) is 0 Å². The van der Waals surface area contributed by atoms with Gasteiger partial charge in [0.15, 0.2) is 0 Å². The highest BCUT2D eigenvalue weighted by Crippen LogP contribution is 2.30.